The molecule has 0 spiro atoms. The van der Waals surface area contributed by atoms with E-state index in [1.54, 1.807) is 0 Å². The van der Waals surface area contributed by atoms with Gasteiger partial charge in [-0.15, -0.1) is 11.8 Å². The predicted octanol–water partition coefficient (Wildman–Crippen LogP) is 2.53. The van der Waals surface area contributed by atoms with Crippen molar-refractivity contribution >= 4 is 33.6 Å². The summed E-state index contributed by atoms with van der Waals surface area (Å²) < 4.78 is 1.02. The van der Waals surface area contributed by atoms with Crippen molar-refractivity contribution in [2.24, 2.45) is 0 Å². The van der Waals surface area contributed by atoms with E-state index in [1.807, 2.05) is 17.8 Å². The molecule has 98 valence electrons. The van der Waals surface area contributed by atoms with E-state index in [0.717, 1.165) is 22.2 Å². The lowest BCUT2D eigenvalue weighted by atomic mass is 10.0. The molecular weight excluding hydrogens is 328 g/mol. The normalized spacial score (nSPS) is 17.8. The van der Waals surface area contributed by atoms with Crippen LogP contribution in [0.1, 0.15) is 28.5 Å². The topological polar surface area (TPSA) is 70.7 Å². The summed E-state index contributed by atoms with van der Waals surface area (Å²) in [7, 11) is 0. The maximum absolute atomic E-state index is 12.0. The number of amides is 1. The van der Waals surface area contributed by atoms with Crippen molar-refractivity contribution in [1.82, 2.24) is 20.7 Å². The van der Waals surface area contributed by atoms with Crippen LogP contribution in [0.5, 0.6) is 0 Å². The third-order valence-electron chi connectivity index (χ3n) is 2.96. The van der Waals surface area contributed by atoms with Gasteiger partial charge in [-0.05, 0) is 30.2 Å². The molecule has 19 heavy (non-hydrogen) atoms. The molecule has 0 aliphatic carbocycles. The minimum Gasteiger partial charge on any atom is -0.344 e. The quantitative estimate of drug-likeness (QED) is 0.882. The highest BCUT2D eigenvalue weighted by molar-refractivity contribution is 9.10. The van der Waals surface area contributed by atoms with Crippen LogP contribution in [-0.2, 0) is 0 Å². The lowest BCUT2D eigenvalue weighted by Gasteiger charge is -2.25. The number of hydrogen-bond acceptors (Lipinski definition) is 4. The van der Waals surface area contributed by atoms with Crippen LogP contribution in [0.25, 0.3) is 0 Å². The van der Waals surface area contributed by atoms with Crippen molar-refractivity contribution in [1.29, 1.82) is 0 Å². The first-order valence-electron chi connectivity index (χ1n) is 5.83. The van der Waals surface area contributed by atoms with Gasteiger partial charge in [-0.2, -0.15) is 15.4 Å². The van der Waals surface area contributed by atoms with E-state index in [1.165, 1.54) is 11.1 Å². The molecule has 0 unspecified atom stereocenters. The molecule has 7 heteroatoms. The number of hydrogen-bond donors (Lipinski definition) is 2. The smallest absolute Gasteiger partial charge is 0.273 e. The number of fused-ring (bicyclic) bond motifs is 1. The number of carbonyl (C=O) groups excluding carboxylic acids is 1. The first-order valence-corrected chi connectivity index (χ1v) is 7.61. The average molecular weight is 339 g/mol. The molecule has 1 aromatic carbocycles. The molecule has 1 aliphatic heterocycles. The zero-order valence-electron chi connectivity index (χ0n) is 9.89. The lowest BCUT2D eigenvalue weighted by molar-refractivity contribution is 0.0930. The van der Waals surface area contributed by atoms with Crippen molar-refractivity contribution in [2.45, 2.75) is 17.4 Å². The van der Waals surface area contributed by atoms with Gasteiger partial charge in [-0.3, -0.25) is 4.79 Å². The standard InChI is InChI=1S/C12H11BrN4OS/c13-7-1-2-11-8(5-7)9(3-4-19-11)15-12(18)10-6-14-17-16-10/h1-2,5-6,9H,3-4H2,(H,15,18)(H,14,16,17)/t9-/m1/s1. The molecule has 5 nitrogen and oxygen atoms in total. The summed E-state index contributed by atoms with van der Waals surface area (Å²) in [4.78, 5) is 13.2. The Morgan fingerprint density at radius 3 is 3.21 bits per heavy atom. The molecule has 0 radical (unpaired) electrons. The molecule has 2 aromatic rings. The molecule has 1 atom stereocenters. The van der Waals surface area contributed by atoms with Crippen molar-refractivity contribution in [3.63, 3.8) is 0 Å². The predicted molar refractivity (Wildman–Crippen MR) is 76.1 cm³/mol. The van der Waals surface area contributed by atoms with Crippen molar-refractivity contribution in [2.75, 3.05) is 5.75 Å². The zero-order chi connectivity index (χ0) is 13.2. The van der Waals surface area contributed by atoms with E-state index in [9.17, 15) is 4.79 Å². The van der Waals surface area contributed by atoms with E-state index >= 15 is 0 Å². The van der Waals surface area contributed by atoms with E-state index < -0.39 is 0 Å². The minimum atomic E-state index is -0.198. The first-order chi connectivity index (χ1) is 9.24. The summed E-state index contributed by atoms with van der Waals surface area (Å²) in [5.41, 5.74) is 1.47. The second kappa shape index (κ2) is 5.34. The van der Waals surface area contributed by atoms with Crippen LogP contribution in [0.15, 0.2) is 33.8 Å². The Morgan fingerprint density at radius 2 is 2.42 bits per heavy atom. The van der Waals surface area contributed by atoms with E-state index in [-0.39, 0.29) is 11.9 Å². The summed E-state index contributed by atoms with van der Waals surface area (Å²) in [6.07, 6.45) is 2.34. The Bertz CT molecular complexity index is 602. The fourth-order valence-electron chi connectivity index (χ4n) is 2.06. The summed E-state index contributed by atoms with van der Waals surface area (Å²) in [6.45, 7) is 0. The minimum absolute atomic E-state index is 0.0259. The van der Waals surface area contributed by atoms with Crippen LogP contribution in [-0.4, -0.2) is 27.1 Å². The number of nitrogens with zero attached hydrogens (tertiary/aromatic N) is 2. The van der Waals surface area contributed by atoms with E-state index in [2.05, 4.69) is 48.8 Å². The molecule has 0 fully saturated rings. The van der Waals surface area contributed by atoms with Gasteiger partial charge in [0.25, 0.3) is 5.91 Å². The number of carbonyl (C=O) groups is 1. The van der Waals surface area contributed by atoms with Gasteiger partial charge in [0, 0.05) is 15.1 Å². The zero-order valence-corrected chi connectivity index (χ0v) is 12.3. The number of aromatic amines is 1. The number of rotatable bonds is 2. The molecule has 0 saturated heterocycles. The van der Waals surface area contributed by atoms with Crippen LogP contribution in [0.2, 0.25) is 0 Å². The Labute approximate surface area is 122 Å². The van der Waals surface area contributed by atoms with Gasteiger partial charge < -0.3 is 5.32 Å². The van der Waals surface area contributed by atoms with Gasteiger partial charge in [-0.1, -0.05) is 15.9 Å². The van der Waals surface area contributed by atoms with Gasteiger partial charge in [0.15, 0.2) is 5.69 Å². The highest BCUT2D eigenvalue weighted by Crippen LogP contribution is 2.37. The van der Waals surface area contributed by atoms with Gasteiger partial charge in [-0.25, -0.2) is 0 Å². The molecule has 0 bridgehead atoms. The largest absolute Gasteiger partial charge is 0.344 e. The third-order valence-corrected chi connectivity index (χ3v) is 4.58. The summed E-state index contributed by atoms with van der Waals surface area (Å²) in [5, 5.41) is 12.9. The Morgan fingerprint density at radius 1 is 1.53 bits per heavy atom. The van der Waals surface area contributed by atoms with E-state index in [0.29, 0.717) is 5.69 Å². The van der Waals surface area contributed by atoms with Gasteiger partial charge in [0.2, 0.25) is 0 Å². The Kier molecular flexibility index (Phi) is 3.56. The second-order valence-electron chi connectivity index (χ2n) is 4.20. The van der Waals surface area contributed by atoms with Crippen LogP contribution < -0.4 is 5.32 Å². The number of nitrogens with one attached hydrogen (secondary N) is 2. The van der Waals surface area contributed by atoms with Crippen molar-refractivity contribution in [3.8, 4) is 0 Å². The Balaban J connectivity index is 1.84. The van der Waals surface area contributed by atoms with E-state index in [4.69, 9.17) is 0 Å². The van der Waals surface area contributed by atoms with Crippen LogP contribution in [0, 0.1) is 0 Å². The fourth-order valence-corrected chi connectivity index (χ4v) is 3.54. The van der Waals surface area contributed by atoms with Gasteiger partial charge >= 0.3 is 0 Å². The molecule has 1 aliphatic rings. The molecule has 1 amide bonds. The van der Waals surface area contributed by atoms with Crippen LogP contribution in [0.3, 0.4) is 0 Å². The summed E-state index contributed by atoms with van der Waals surface area (Å²) in [6, 6.07) is 6.19. The molecule has 0 saturated carbocycles. The summed E-state index contributed by atoms with van der Waals surface area (Å²) in [5.74, 6) is 0.801. The van der Waals surface area contributed by atoms with Gasteiger partial charge in [0.05, 0.1) is 12.2 Å². The number of halogens is 1. The van der Waals surface area contributed by atoms with Crippen LogP contribution >= 0.6 is 27.7 Å². The molecule has 2 heterocycles. The molecular formula is C12H11BrN4OS. The van der Waals surface area contributed by atoms with Crippen molar-refractivity contribution < 1.29 is 4.79 Å². The first kappa shape index (κ1) is 12.7. The molecule has 2 N–H and O–H groups in total. The molecule has 1 aromatic heterocycles. The maximum atomic E-state index is 12.0. The number of benzene rings is 1. The van der Waals surface area contributed by atoms with Gasteiger partial charge in [0.1, 0.15) is 0 Å². The SMILES string of the molecule is O=C(N[C@@H]1CCSc2ccc(Br)cc21)c1cn[nH]n1. The summed E-state index contributed by atoms with van der Waals surface area (Å²) >= 11 is 5.29. The Hall–Kier alpha value is -1.34. The lowest BCUT2D eigenvalue weighted by Crippen LogP contribution is -2.30. The second-order valence-corrected chi connectivity index (χ2v) is 6.25. The number of H-pyrrole nitrogens is 1. The van der Waals surface area contributed by atoms with Crippen LogP contribution in [0.4, 0.5) is 0 Å². The monoisotopic (exact) mass is 338 g/mol. The van der Waals surface area contributed by atoms with Crippen molar-refractivity contribution in [3.05, 3.63) is 40.1 Å². The fraction of sp³-hybridized carbons (Fsp3) is 0.250. The highest BCUT2D eigenvalue weighted by Gasteiger charge is 2.23. The average Bonchev–Trinajstić information content (AvgIpc) is 2.93. The maximum Gasteiger partial charge on any atom is 0.273 e. The third kappa shape index (κ3) is 2.66. The number of aromatic nitrogens is 3. The highest BCUT2D eigenvalue weighted by atomic mass is 79.9. The molecule has 3 rings (SSSR count). The number of thioether (sulfide) groups is 1.